The Hall–Kier alpha value is -1.87. The molecule has 0 saturated carbocycles. The second-order valence-corrected chi connectivity index (χ2v) is 6.72. The number of carbonyl (C=O) groups is 3. The molecule has 9 atom stereocenters. The van der Waals surface area contributed by atoms with Gasteiger partial charge < -0.3 is 76.9 Å². The van der Waals surface area contributed by atoms with Crippen molar-refractivity contribution in [1.29, 1.82) is 0 Å². The molecule has 0 aromatic heterocycles. The van der Waals surface area contributed by atoms with Gasteiger partial charge in [-0.2, -0.15) is 0 Å². The number of hydrogen-bond acceptors (Lipinski definition) is 15. The van der Waals surface area contributed by atoms with E-state index < -0.39 is 86.6 Å². The molecule has 0 fully saturated rings. The second-order valence-electron chi connectivity index (χ2n) is 6.72. The summed E-state index contributed by atoms with van der Waals surface area (Å²) in [6, 6.07) is -1.06. The predicted octanol–water partition coefficient (Wildman–Crippen LogP) is -7.70. The van der Waals surface area contributed by atoms with E-state index in [1.165, 1.54) is 0 Å². The van der Waals surface area contributed by atoms with Crippen molar-refractivity contribution in [1.82, 2.24) is 0 Å². The lowest BCUT2D eigenvalue weighted by molar-refractivity contribution is -0.140. The molecule has 9 unspecified atom stereocenters. The highest BCUT2D eigenvalue weighted by Crippen LogP contribution is 2.04. The van der Waals surface area contributed by atoms with Gasteiger partial charge in [-0.1, -0.05) is 0 Å². The monoisotopic (exact) mass is 509 g/mol. The Kier molecular flexibility index (Phi) is 22.1. The van der Waals surface area contributed by atoms with E-state index in [1.54, 1.807) is 0 Å². The van der Waals surface area contributed by atoms with Crippen LogP contribution in [-0.4, -0.2) is 159 Å². The molecule has 34 heavy (non-hydrogen) atoms. The lowest BCUT2D eigenvalue weighted by Crippen LogP contribution is -2.46. The smallest absolute Gasteiger partial charge is 0.320 e. The third-order valence-electron chi connectivity index (χ3n) is 3.92. The minimum absolute atomic E-state index is 0.0231. The van der Waals surface area contributed by atoms with Crippen LogP contribution in [-0.2, 0) is 14.4 Å². The fourth-order valence-electron chi connectivity index (χ4n) is 1.69. The van der Waals surface area contributed by atoms with Crippen LogP contribution in [0.2, 0.25) is 0 Å². The highest BCUT2D eigenvalue weighted by molar-refractivity contribution is 5.74. The molecule has 0 aromatic rings. The minimum Gasteiger partial charge on any atom is -0.481 e. The number of aliphatic hydroxyl groups is 11. The van der Waals surface area contributed by atoms with Gasteiger partial charge in [0, 0.05) is 6.42 Å². The molecule has 15 N–H and O–H groups in total. The molecule has 0 saturated heterocycles. The van der Waals surface area contributed by atoms with Gasteiger partial charge in [0.15, 0.2) is 6.29 Å². The molecule has 0 heterocycles. The Morgan fingerprint density at radius 1 is 0.676 bits per heavy atom. The summed E-state index contributed by atoms with van der Waals surface area (Å²) in [5.41, 5.74) is 5.00. The van der Waals surface area contributed by atoms with Gasteiger partial charge in [-0.15, -0.1) is 0 Å². The van der Waals surface area contributed by atoms with Crippen molar-refractivity contribution >= 4 is 18.2 Å². The maximum Gasteiger partial charge on any atom is 0.320 e. The normalized spacial score (nSPS) is 18.7. The van der Waals surface area contributed by atoms with E-state index in [0.29, 0.717) is 0 Å². The lowest BCUT2D eigenvalue weighted by Gasteiger charge is -2.24. The van der Waals surface area contributed by atoms with E-state index >= 15 is 0 Å². The first-order valence-corrected chi connectivity index (χ1v) is 9.55. The van der Waals surface area contributed by atoms with E-state index in [4.69, 9.17) is 72.1 Å². The average Bonchev–Trinajstić information content (AvgIpc) is 2.83. The summed E-state index contributed by atoms with van der Waals surface area (Å²) in [5.74, 6) is -2.20. The molecule has 0 rings (SSSR count). The third-order valence-corrected chi connectivity index (χ3v) is 3.92. The zero-order valence-electron chi connectivity index (χ0n) is 17.9. The summed E-state index contributed by atoms with van der Waals surface area (Å²) in [7, 11) is 0. The van der Waals surface area contributed by atoms with Crippen molar-refractivity contribution in [2.24, 2.45) is 5.73 Å². The van der Waals surface area contributed by atoms with Crippen LogP contribution in [0.3, 0.4) is 0 Å². The van der Waals surface area contributed by atoms with Crippen molar-refractivity contribution in [3.8, 4) is 0 Å². The number of aliphatic carboxylic acids is 2. The summed E-state index contributed by atoms with van der Waals surface area (Å²) in [4.78, 5) is 29.8. The van der Waals surface area contributed by atoms with Crippen LogP contribution in [0.4, 0.5) is 0 Å². The highest BCUT2D eigenvalue weighted by atomic mass is 16.4. The number of rotatable bonds is 14. The van der Waals surface area contributed by atoms with Crippen LogP contribution in [0, 0.1) is 0 Å². The van der Waals surface area contributed by atoms with Gasteiger partial charge >= 0.3 is 11.9 Å². The number of hydrogen-bond donors (Lipinski definition) is 14. The predicted molar refractivity (Wildman–Crippen MR) is 108 cm³/mol. The molecule has 0 aliphatic carbocycles. The van der Waals surface area contributed by atoms with E-state index in [1.807, 2.05) is 0 Å². The fraction of sp³-hybridized carbons (Fsp3) is 0.824. The highest BCUT2D eigenvalue weighted by Gasteiger charge is 2.30. The largest absolute Gasteiger partial charge is 0.481 e. The summed E-state index contributed by atoms with van der Waals surface area (Å²) in [6.07, 6.45) is -13.5. The first kappa shape index (κ1) is 36.7. The van der Waals surface area contributed by atoms with Gasteiger partial charge in [0.25, 0.3) is 0 Å². The Labute approximate surface area is 193 Å². The van der Waals surface area contributed by atoms with Crippen molar-refractivity contribution in [3.05, 3.63) is 0 Å². The first-order chi connectivity index (χ1) is 15.6. The molecule has 0 bridgehead atoms. The van der Waals surface area contributed by atoms with Crippen LogP contribution in [0.25, 0.3) is 0 Å². The molecule has 0 aliphatic heterocycles. The van der Waals surface area contributed by atoms with E-state index in [2.05, 4.69) is 0 Å². The number of nitrogens with two attached hydrogens (primary N) is 1. The standard InChI is InChI=1S/C6H14O6.C6H12O6.C5H9NO4/c2*7-1-3(9)5(11)6(12)4(10)2-8;6-3(5(9)10)1-2-4(7)8/h3-12H,1-2H2;1,3-6,8-12H,2H2;3H,1-2,6H2,(H,7,8)(H,9,10). The van der Waals surface area contributed by atoms with Gasteiger partial charge in [0.1, 0.15) is 54.9 Å². The number of aldehydes is 1. The molecule has 204 valence electrons. The molecule has 0 aromatic carbocycles. The molecular weight excluding hydrogens is 474 g/mol. The van der Waals surface area contributed by atoms with Crippen molar-refractivity contribution in [2.45, 2.75) is 67.7 Å². The summed E-state index contributed by atoms with van der Waals surface area (Å²) in [5, 5.41) is 112. The van der Waals surface area contributed by atoms with Gasteiger partial charge in [-0.05, 0) is 6.42 Å². The number of carbonyl (C=O) groups excluding carboxylic acids is 1. The molecule has 0 spiro atoms. The zero-order chi connectivity index (χ0) is 27.6. The summed E-state index contributed by atoms with van der Waals surface area (Å²) >= 11 is 0. The fourth-order valence-corrected chi connectivity index (χ4v) is 1.69. The summed E-state index contributed by atoms with van der Waals surface area (Å²) < 4.78 is 0. The maximum absolute atomic E-state index is 9.99. The maximum atomic E-state index is 9.99. The Balaban J connectivity index is -0.000000426. The van der Waals surface area contributed by atoms with E-state index in [9.17, 15) is 14.4 Å². The van der Waals surface area contributed by atoms with Crippen molar-refractivity contribution in [2.75, 3.05) is 19.8 Å². The van der Waals surface area contributed by atoms with Crippen LogP contribution < -0.4 is 5.73 Å². The average molecular weight is 509 g/mol. The lowest BCUT2D eigenvalue weighted by atomic mass is 10.0. The number of aliphatic hydroxyl groups excluding tert-OH is 11. The van der Waals surface area contributed by atoms with E-state index in [-0.39, 0.29) is 19.1 Å². The molecule has 17 nitrogen and oxygen atoms in total. The van der Waals surface area contributed by atoms with Crippen molar-refractivity contribution < 1.29 is 80.8 Å². The molecule has 0 amide bonds. The van der Waals surface area contributed by atoms with Crippen LogP contribution in [0.5, 0.6) is 0 Å². The van der Waals surface area contributed by atoms with Crippen molar-refractivity contribution in [3.63, 3.8) is 0 Å². The van der Waals surface area contributed by atoms with Gasteiger partial charge in [-0.25, -0.2) is 0 Å². The topological polar surface area (TPSA) is 340 Å². The van der Waals surface area contributed by atoms with Crippen LogP contribution in [0.15, 0.2) is 0 Å². The summed E-state index contributed by atoms with van der Waals surface area (Å²) in [6.45, 7) is -2.21. The van der Waals surface area contributed by atoms with Gasteiger partial charge in [0.05, 0.1) is 19.8 Å². The van der Waals surface area contributed by atoms with Gasteiger partial charge in [-0.3, -0.25) is 9.59 Å². The molecule has 17 heteroatoms. The van der Waals surface area contributed by atoms with E-state index in [0.717, 1.165) is 0 Å². The molecular formula is C17H35NO16. The first-order valence-electron chi connectivity index (χ1n) is 9.55. The Morgan fingerprint density at radius 3 is 1.24 bits per heavy atom. The van der Waals surface area contributed by atoms with Crippen LogP contribution in [0.1, 0.15) is 12.8 Å². The zero-order valence-corrected chi connectivity index (χ0v) is 17.9. The Morgan fingerprint density at radius 2 is 1.00 bits per heavy atom. The van der Waals surface area contributed by atoms with Gasteiger partial charge in [0.2, 0.25) is 0 Å². The molecule has 0 aliphatic rings. The quantitative estimate of drug-likeness (QED) is 0.0966. The van der Waals surface area contributed by atoms with Crippen LogP contribution >= 0.6 is 0 Å². The Bertz CT molecular complexity index is 538. The number of carboxylic acids is 2. The second kappa shape index (κ2) is 20.5. The third kappa shape index (κ3) is 16.7. The number of carboxylic acid groups (broad SMARTS) is 2. The minimum atomic E-state index is -1.79. The SMILES string of the molecule is NC(CCC(=O)O)C(=O)O.O=CC(O)C(O)C(O)C(O)CO.OCC(O)C(O)C(O)C(O)CO. The molecule has 0 radical (unpaired) electrons.